The Labute approximate surface area is 136 Å². The molecular formula is C16H16F3NO4. The fraction of sp³-hybridized carbons (Fsp3) is 0.438. The second kappa shape index (κ2) is 7.02. The summed E-state index contributed by atoms with van der Waals surface area (Å²) in [6.45, 7) is -0.0200. The zero-order valence-corrected chi connectivity index (χ0v) is 12.9. The van der Waals surface area contributed by atoms with Crippen LogP contribution in [0.4, 0.5) is 13.2 Å². The summed E-state index contributed by atoms with van der Waals surface area (Å²) < 4.78 is 43.7. The number of carbonyl (C=O) groups is 3. The number of carbonyl (C=O) groups excluding carboxylic acids is 3. The van der Waals surface area contributed by atoms with Gasteiger partial charge in [0.2, 0.25) is 0 Å². The number of ketones is 1. The molecule has 1 aliphatic heterocycles. The highest BCUT2D eigenvalue weighted by Crippen LogP contribution is 2.32. The van der Waals surface area contributed by atoms with Crippen molar-refractivity contribution in [2.45, 2.75) is 19.0 Å². The van der Waals surface area contributed by atoms with E-state index >= 15 is 0 Å². The first-order chi connectivity index (χ1) is 11.3. The first-order valence-corrected chi connectivity index (χ1v) is 7.31. The summed E-state index contributed by atoms with van der Waals surface area (Å²) in [5.41, 5.74) is -1.48. The lowest BCUT2D eigenvalue weighted by atomic mass is 10.00. The minimum Gasteiger partial charge on any atom is -0.468 e. The number of alkyl halides is 3. The van der Waals surface area contributed by atoms with Crippen molar-refractivity contribution in [2.24, 2.45) is 5.92 Å². The topological polar surface area (TPSA) is 63.7 Å². The lowest BCUT2D eigenvalue weighted by Crippen LogP contribution is -2.33. The highest BCUT2D eigenvalue weighted by Gasteiger charge is 2.37. The number of amides is 1. The van der Waals surface area contributed by atoms with Crippen molar-refractivity contribution in [2.75, 3.05) is 20.2 Å². The Kier molecular flexibility index (Phi) is 5.26. The molecule has 0 N–H and O–H groups in total. The normalized spacial score (nSPS) is 18.9. The summed E-state index contributed by atoms with van der Waals surface area (Å²) in [6.07, 6.45) is -4.71. The van der Waals surface area contributed by atoms with E-state index in [1.165, 1.54) is 17.0 Å². The third-order valence-electron chi connectivity index (χ3n) is 3.94. The van der Waals surface area contributed by atoms with Crippen LogP contribution in [0.1, 0.15) is 28.8 Å². The van der Waals surface area contributed by atoms with Gasteiger partial charge in [-0.3, -0.25) is 14.4 Å². The molecule has 1 amide bonds. The molecule has 1 saturated heterocycles. The van der Waals surface area contributed by atoms with Gasteiger partial charge in [0.25, 0.3) is 5.91 Å². The van der Waals surface area contributed by atoms with E-state index in [0.29, 0.717) is 0 Å². The summed E-state index contributed by atoms with van der Waals surface area (Å²) in [4.78, 5) is 37.1. The molecule has 5 nitrogen and oxygen atoms in total. The summed E-state index contributed by atoms with van der Waals surface area (Å²) in [6, 6.07) is 4.50. The highest BCUT2D eigenvalue weighted by atomic mass is 19.4. The number of halogens is 3. The van der Waals surface area contributed by atoms with Crippen LogP contribution in [0.2, 0.25) is 0 Å². The number of methoxy groups -OCH3 is 1. The second-order valence-corrected chi connectivity index (χ2v) is 5.42. The molecule has 0 saturated carbocycles. The van der Waals surface area contributed by atoms with Gasteiger partial charge in [0, 0.05) is 19.5 Å². The van der Waals surface area contributed by atoms with Crippen LogP contribution in [0.3, 0.4) is 0 Å². The first kappa shape index (κ1) is 18.0. The van der Waals surface area contributed by atoms with Gasteiger partial charge in [-0.25, -0.2) is 0 Å². The van der Waals surface area contributed by atoms with Crippen LogP contribution in [0, 0.1) is 5.92 Å². The zero-order chi connectivity index (χ0) is 17.9. The highest BCUT2D eigenvalue weighted by molar-refractivity contribution is 6.00. The van der Waals surface area contributed by atoms with E-state index in [0.717, 1.165) is 19.2 Å². The molecule has 1 unspecified atom stereocenters. The largest absolute Gasteiger partial charge is 0.468 e. The fourth-order valence-corrected chi connectivity index (χ4v) is 2.66. The Hall–Kier alpha value is -2.38. The van der Waals surface area contributed by atoms with Gasteiger partial charge in [0.1, 0.15) is 11.7 Å². The van der Waals surface area contributed by atoms with E-state index in [9.17, 15) is 27.6 Å². The fourth-order valence-electron chi connectivity index (χ4n) is 2.66. The summed E-state index contributed by atoms with van der Waals surface area (Å²) in [5, 5.41) is 0. The predicted molar refractivity (Wildman–Crippen MR) is 77.1 cm³/mol. The van der Waals surface area contributed by atoms with Gasteiger partial charge >= 0.3 is 12.1 Å². The van der Waals surface area contributed by atoms with Crippen LogP contribution in [0.5, 0.6) is 0 Å². The smallest absolute Gasteiger partial charge is 0.417 e. The Bertz CT molecular complexity index is 657. The minimum atomic E-state index is -4.65. The van der Waals surface area contributed by atoms with Crippen molar-refractivity contribution in [3.8, 4) is 0 Å². The molecule has 130 valence electrons. The summed E-state index contributed by atoms with van der Waals surface area (Å²) >= 11 is 0. The predicted octanol–water partition coefficient (Wildman–Crippen LogP) is 2.30. The van der Waals surface area contributed by atoms with Crippen molar-refractivity contribution in [3.63, 3.8) is 0 Å². The number of likely N-dealkylation sites (tertiary alicyclic amines) is 1. The molecule has 8 heteroatoms. The van der Waals surface area contributed by atoms with Gasteiger partial charge in [-0.2, -0.15) is 13.2 Å². The molecule has 24 heavy (non-hydrogen) atoms. The number of rotatable bonds is 2. The van der Waals surface area contributed by atoms with Crippen molar-refractivity contribution in [1.82, 2.24) is 4.90 Å². The van der Waals surface area contributed by atoms with E-state index in [4.69, 9.17) is 0 Å². The monoisotopic (exact) mass is 343 g/mol. The van der Waals surface area contributed by atoms with E-state index < -0.39 is 35.1 Å². The maximum Gasteiger partial charge on any atom is 0.417 e. The van der Waals surface area contributed by atoms with Crippen LogP contribution < -0.4 is 0 Å². The average Bonchev–Trinajstić information content (AvgIpc) is 2.74. The quantitative estimate of drug-likeness (QED) is 0.611. The molecule has 1 heterocycles. The maximum absolute atomic E-state index is 13.0. The van der Waals surface area contributed by atoms with Crippen LogP contribution in [0.25, 0.3) is 0 Å². The molecule has 1 atom stereocenters. The molecule has 2 rings (SSSR count). The molecule has 0 bridgehead atoms. The van der Waals surface area contributed by atoms with Crippen molar-refractivity contribution < 1.29 is 32.3 Å². The lowest BCUT2D eigenvalue weighted by Gasteiger charge is -2.22. The van der Waals surface area contributed by atoms with Crippen molar-refractivity contribution >= 4 is 17.7 Å². The van der Waals surface area contributed by atoms with Gasteiger partial charge < -0.3 is 9.64 Å². The van der Waals surface area contributed by atoms with Gasteiger partial charge in [-0.05, 0) is 18.6 Å². The number of esters is 1. The SMILES string of the molecule is COC(=O)C1CCN(C(=O)c2ccccc2C(F)(F)F)CCC1=O. The molecule has 0 aromatic heterocycles. The average molecular weight is 343 g/mol. The number of Topliss-reactive ketones (excluding diaryl/α,β-unsaturated/α-hetero) is 1. The molecule has 1 aromatic rings. The van der Waals surface area contributed by atoms with Crippen LogP contribution >= 0.6 is 0 Å². The van der Waals surface area contributed by atoms with Crippen molar-refractivity contribution in [3.05, 3.63) is 35.4 Å². The molecule has 0 aliphatic carbocycles. The minimum absolute atomic E-state index is 0.0104. The summed E-state index contributed by atoms with van der Waals surface area (Å²) in [5.74, 6) is -2.85. The molecule has 1 fully saturated rings. The van der Waals surface area contributed by atoms with Gasteiger partial charge in [-0.15, -0.1) is 0 Å². The third-order valence-corrected chi connectivity index (χ3v) is 3.94. The Morgan fingerprint density at radius 1 is 1.21 bits per heavy atom. The molecular weight excluding hydrogens is 327 g/mol. The van der Waals surface area contributed by atoms with Gasteiger partial charge in [0.15, 0.2) is 0 Å². The number of benzene rings is 1. The van der Waals surface area contributed by atoms with Gasteiger partial charge in [0.05, 0.1) is 18.2 Å². The number of nitrogens with zero attached hydrogens (tertiary/aromatic N) is 1. The Balaban J connectivity index is 2.23. The number of hydrogen-bond donors (Lipinski definition) is 0. The van der Waals surface area contributed by atoms with Crippen LogP contribution in [-0.4, -0.2) is 42.8 Å². The second-order valence-electron chi connectivity index (χ2n) is 5.42. The third kappa shape index (κ3) is 3.74. The lowest BCUT2D eigenvalue weighted by molar-refractivity contribution is -0.149. The van der Waals surface area contributed by atoms with Crippen LogP contribution in [-0.2, 0) is 20.5 Å². The Morgan fingerprint density at radius 2 is 1.88 bits per heavy atom. The Morgan fingerprint density at radius 3 is 2.50 bits per heavy atom. The first-order valence-electron chi connectivity index (χ1n) is 7.31. The van der Waals surface area contributed by atoms with Gasteiger partial charge in [-0.1, -0.05) is 12.1 Å². The van der Waals surface area contributed by atoms with E-state index in [-0.39, 0.29) is 31.7 Å². The zero-order valence-electron chi connectivity index (χ0n) is 12.9. The maximum atomic E-state index is 13.0. The van der Waals surface area contributed by atoms with Crippen LogP contribution in [0.15, 0.2) is 24.3 Å². The molecule has 1 aliphatic rings. The standard InChI is InChI=1S/C16H16F3NO4/c1-24-15(23)11-6-8-20(9-7-13(11)21)14(22)10-4-2-3-5-12(10)16(17,18)19/h2-5,11H,6-9H2,1H3. The molecule has 0 spiro atoms. The molecule has 0 radical (unpaired) electrons. The summed E-state index contributed by atoms with van der Waals surface area (Å²) in [7, 11) is 1.16. The van der Waals surface area contributed by atoms with E-state index in [1.807, 2.05) is 0 Å². The van der Waals surface area contributed by atoms with E-state index in [1.54, 1.807) is 0 Å². The van der Waals surface area contributed by atoms with Crippen molar-refractivity contribution in [1.29, 1.82) is 0 Å². The number of ether oxygens (including phenoxy) is 1. The molecule has 1 aromatic carbocycles. The number of hydrogen-bond acceptors (Lipinski definition) is 4. The van der Waals surface area contributed by atoms with E-state index in [2.05, 4.69) is 4.74 Å².